The molecule has 0 aliphatic carbocycles. The topological polar surface area (TPSA) is 101 Å². The second kappa shape index (κ2) is 11.7. The van der Waals surface area contributed by atoms with Crippen molar-refractivity contribution in [2.24, 2.45) is 5.92 Å². The van der Waals surface area contributed by atoms with E-state index in [0.29, 0.717) is 19.4 Å². The van der Waals surface area contributed by atoms with Crippen molar-refractivity contribution in [3.8, 4) is 0 Å². The van der Waals surface area contributed by atoms with Crippen LogP contribution in [0.4, 0.5) is 11.4 Å². The average molecular weight is 549 g/mol. The van der Waals surface area contributed by atoms with Crippen molar-refractivity contribution in [1.82, 2.24) is 15.0 Å². The van der Waals surface area contributed by atoms with E-state index in [1.165, 1.54) is 11.1 Å². The van der Waals surface area contributed by atoms with Gasteiger partial charge in [-0.05, 0) is 74.0 Å². The average Bonchev–Trinajstić information content (AvgIpc) is 3.50. The Bertz CT molecular complexity index is 1270. The van der Waals surface area contributed by atoms with Crippen molar-refractivity contribution >= 4 is 25.6 Å². The van der Waals surface area contributed by atoms with Crippen LogP contribution < -0.4 is 4.90 Å². The summed E-state index contributed by atoms with van der Waals surface area (Å²) in [6.45, 7) is 6.98. The first-order chi connectivity index (χ1) is 18.7. The maximum absolute atomic E-state index is 12.8. The summed E-state index contributed by atoms with van der Waals surface area (Å²) in [5, 5.41) is 17.4. The van der Waals surface area contributed by atoms with Gasteiger partial charge in [0.25, 0.3) is 0 Å². The van der Waals surface area contributed by atoms with E-state index in [4.69, 9.17) is 9.84 Å². The fraction of sp³-hybridized carbons (Fsp3) is 0.500. The molecular weight excluding hydrogens is 508 g/mol. The number of rotatable bonds is 10. The largest absolute Gasteiger partial charge is 0.432 e. The molecule has 9 heteroatoms. The lowest BCUT2D eigenvalue weighted by Crippen LogP contribution is -2.40. The maximum atomic E-state index is 12.8. The molecule has 1 aromatic heterocycles. The zero-order valence-corrected chi connectivity index (χ0v) is 24.2. The van der Waals surface area contributed by atoms with Gasteiger partial charge in [0.15, 0.2) is 8.32 Å². The number of para-hydroxylation sites is 1. The Balaban J connectivity index is 1.22. The van der Waals surface area contributed by atoms with E-state index in [1.54, 1.807) is 0 Å². The number of aliphatic hydroxyl groups excluding tert-OH is 1. The Kier molecular flexibility index (Phi) is 8.32. The van der Waals surface area contributed by atoms with Crippen LogP contribution >= 0.6 is 0 Å². The van der Waals surface area contributed by atoms with Crippen LogP contribution in [-0.4, -0.2) is 57.9 Å². The molecule has 1 amide bonds. The molecule has 0 saturated carbocycles. The minimum Gasteiger partial charge on any atom is -0.432 e. The zero-order chi connectivity index (χ0) is 27.6. The lowest BCUT2D eigenvalue weighted by Gasteiger charge is -2.30. The normalized spacial score (nSPS) is 23.3. The molecule has 0 unspecified atom stereocenters. The van der Waals surface area contributed by atoms with E-state index < -0.39 is 8.32 Å². The van der Waals surface area contributed by atoms with Gasteiger partial charge in [-0.3, -0.25) is 14.4 Å². The Morgan fingerprint density at radius 1 is 1.03 bits per heavy atom. The molecule has 3 aromatic rings. The quantitative estimate of drug-likeness (QED) is 0.364. The van der Waals surface area contributed by atoms with Gasteiger partial charge in [-0.1, -0.05) is 42.5 Å². The van der Waals surface area contributed by atoms with Crippen molar-refractivity contribution in [1.29, 1.82) is 0 Å². The number of hydrogen-bond donors (Lipinski definition) is 2. The molecule has 3 heterocycles. The highest BCUT2D eigenvalue weighted by Crippen LogP contribution is 2.45. The third kappa shape index (κ3) is 6.16. The molecule has 1 saturated heterocycles. The molecule has 0 radical (unpaired) electrons. The Hall–Kier alpha value is -2.85. The van der Waals surface area contributed by atoms with Crippen molar-refractivity contribution in [2.75, 3.05) is 11.5 Å². The van der Waals surface area contributed by atoms with E-state index in [1.807, 2.05) is 59.2 Å². The number of ether oxygens (including phenoxy) is 1. The summed E-state index contributed by atoms with van der Waals surface area (Å²) < 4.78 is 8.41. The number of fused-ring (bicyclic) bond motifs is 1. The highest BCUT2D eigenvalue weighted by atomic mass is 28.4. The van der Waals surface area contributed by atoms with Gasteiger partial charge in [-0.25, -0.2) is 0 Å². The molecule has 0 bridgehead atoms. The first-order valence-electron chi connectivity index (χ1n) is 14.1. The second-order valence-electron chi connectivity index (χ2n) is 11.5. The molecule has 8 nitrogen and oxygen atoms in total. The predicted molar refractivity (Wildman–Crippen MR) is 153 cm³/mol. The van der Waals surface area contributed by atoms with Gasteiger partial charge in [0.2, 0.25) is 5.91 Å². The predicted octanol–water partition coefficient (Wildman–Crippen LogP) is 4.42. The van der Waals surface area contributed by atoms with Gasteiger partial charge in [0.05, 0.1) is 23.6 Å². The van der Waals surface area contributed by atoms with E-state index in [9.17, 15) is 9.59 Å². The SMILES string of the molecule is C[C@H]1[C@H]([Si](C)(C)O)[C@@H](CCn2cc(CCO)nn2)O[C@H]1CCc1ccc(N2C(=O)CCc3ccccc32)cc1. The number of carbonyl (C=O) groups is 1. The maximum Gasteiger partial charge on any atom is 0.231 e. The number of hydrogen-bond acceptors (Lipinski definition) is 6. The zero-order valence-electron chi connectivity index (χ0n) is 23.2. The fourth-order valence-electron chi connectivity index (χ4n) is 6.45. The molecule has 2 N–H and O–H groups in total. The van der Waals surface area contributed by atoms with E-state index >= 15 is 0 Å². The van der Waals surface area contributed by atoms with Crippen LogP contribution in [0, 0.1) is 5.92 Å². The smallest absolute Gasteiger partial charge is 0.231 e. The van der Waals surface area contributed by atoms with E-state index in [-0.39, 0.29) is 36.2 Å². The van der Waals surface area contributed by atoms with Gasteiger partial charge in [0.1, 0.15) is 0 Å². The number of anilines is 2. The number of benzene rings is 2. The fourth-order valence-corrected chi connectivity index (χ4v) is 9.10. The van der Waals surface area contributed by atoms with E-state index in [0.717, 1.165) is 42.8 Å². The van der Waals surface area contributed by atoms with Crippen LogP contribution in [0.1, 0.15) is 43.0 Å². The Morgan fingerprint density at radius 2 is 1.79 bits per heavy atom. The van der Waals surface area contributed by atoms with Crippen LogP contribution in [0.3, 0.4) is 0 Å². The molecule has 2 aliphatic heterocycles. The number of carbonyl (C=O) groups excluding carboxylic acids is 1. The van der Waals surface area contributed by atoms with Crippen molar-refractivity contribution in [3.05, 3.63) is 71.5 Å². The van der Waals surface area contributed by atoms with Gasteiger partial charge in [0, 0.05) is 43.4 Å². The number of aliphatic hydroxyl groups is 1. The van der Waals surface area contributed by atoms with Crippen molar-refractivity contribution in [3.63, 3.8) is 0 Å². The summed E-state index contributed by atoms with van der Waals surface area (Å²) in [5.41, 5.74) is 5.25. The summed E-state index contributed by atoms with van der Waals surface area (Å²) in [7, 11) is -2.45. The molecule has 39 heavy (non-hydrogen) atoms. The van der Waals surface area contributed by atoms with Crippen LogP contribution in [0.25, 0.3) is 0 Å². The molecule has 1 fully saturated rings. The minimum absolute atomic E-state index is 0.0188. The van der Waals surface area contributed by atoms with Gasteiger partial charge in [-0.15, -0.1) is 5.10 Å². The summed E-state index contributed by atoms with van der Waals surface area (Å²) in [6.07, 6.45) is 6.29. The first kappa shape index (κ1) is 27.7. The summed E-state index contributed by atoms with van der Waals surface area (Å²) in [6, 6.07) is 16.5. The van der Waals surface area contributed by atoms with Gasteiger partial charge < -0.3 is 14.6 Å². The van der Waals surface area contributed by atoms with Crippen LogP contribution in [0.5, 0.6) is 0 Å². The Morgan fingerprint density at radius 3 is 2.54 bits per heavy atom. The second-order valence-corrected chi connectivity index (χ2v) is 15.5. The number of amides is 1. The third-order valence-electron chi connectivity index (χ3n) is 8.32. The lowest BCUT2D eigenvalue weighted by molar-refractivity contribution is -0.118. The van der Waals surface area contributed by atoms with Crippen LogP contribution in [0.15, 0.2) is 54.7 Å². The summed E-state index contributed by atoms with van der Waals surface area (Å²) in [4.78, 5) is 25.8. The number of aryl methyl sites for hydroxylation is 3. The van der Waals surface area contributed by atoms with Gasteiger partial charge in [-0.2, -0.15) is 0 Å². The minimum atomic E-state index is -2.45. The highest BCUT2D eigenvalue weighted by Gasteiger charge is 2.49. The molecule has 4 atom stereocenters. The monoisotopic (exact) mass is 548 g/mol. The summed E-state index contributed by atoms with van der Waals surface area (Å²) >= 11 is 0. The molecular formula is C30H40N4O4Si. The van der Waals surface area contributed by atoms with Crippen LogP contribution in [-0.2, 0) is 35.3 Å². The molecule has 208 valence electrons. The highest BCUT2D eigenvalue weighted by molar-refractivity contribution is 6.71. The Labute approximate surface area is 231 Å². The van der Waals surface area contributed by atoms with Crippen LogP contribution in [0.2, 0.25) is 18.6 Å². The van der Waals surface area contributed by atoms with Crippen molar-refractivity contribution < 1.29 is 19.4 Å². The molecule has 5 rings (SSSR count). The lowest BCUT2D eigenvalue weighted by atomic mass is 9.95. The standard InChI is InChI=1S/C30H40N4O4Si/c1-21-27(38-28(30(21)39(2,3)37)16-18-33-20-24(17-19-35)31-32-33)14-10-22-8-12-25(13-9-22)34-26-7-5-4-6-23(26)11-15-29(34)36/h4-9,12-13,20-21,27-28,30,35,37H,10-11,14-19H2,1-3H3/t21-,27+,28-,30+/m1/s1. The number of aromatic nitrogens is 3. The molecule has 2 aromatic carbocycles. The molecule has 0 spiro atoms. The third-order valence-corrected chi connectivity index (χ3v) is 10.8. The van der Waals surface area contributed by atoms with Crippen molar-refractivity contribution in [2.45, 2.75) is 82.8 Å². The number of nitrogens with zero attached hydrogens (tertiary/aromatic N) is 4. The van der Waals surface area contributed by atoms with Gasteiger partial charge >= 0.3 is 0 Å². The van der Waals surface area contributed by atoms with E-state index in [2.05, 4.69) is 35.4 Å². The molecule has 2 aliphatic rings. The summed E-state index contributed by atoms with van der Waals surface area (Å²) in [5.74, 6) is 0.405. The first-order valence-corrected chi connectivity index (χ1v) is 17.1.